The second kappa shape index (κ2) is 7.60. The lowest BCUT2D eigenvalue weighted by molar-refractivity contribution is 0.349. The molecule has 1 aliphatic rings. The Morgan fingerprint density at radius 2 is 1.24 bits per heavy atom. The van der Waals surface area contributed by atoms with Gasteiger partial charge in [-0.05, 0) is 5.92 Å². The quantitative estimate of drug-likeness (QED) is 0.722. The summed E-state index contributed by atoms with van der Waals surface area (Å²) in [5, 5.41) is 3.15. The fraction of sp³-hybridized carbons (Fsp3) is 0.400. The number of rotatable bonds is 5. The molecule has 2 aromatic carbocycles. The summed E-state index contributed by atoms with van der Waals surface area (Å²) in [6.07, 6.45) is 8.76. The summed E-state index contributed by atoms with van der Waals surface area (Å²) in [4.78, 5) is 0. The fourth-order valence-corrected chi connectivity index (χ4v) is 6.36. The summed E-state index contributed by atoms with van der Waals surface area (Å²) in [6, 6.07) is 23.8. The van der Waals surface area contributed by atoms with Gasteiger partial charge in [0.15, 0.2) is 0 Å². The van der Waals surface area contributed by atoms with Crippen LogP contribution in [0.15, 0.2) is 60.7 Å². The predicted octanol–water partition coefficient (Wildman–Crippen LogP) is 4.27. The largest absolute Gasteiger partial charge is 0.121 e. The monoisotopic (exact) mass is 293 g/mol. The molecule has 0 amide bonds. The highest BCUT2D eigenvalue weighted by Gasteiger charge is 2.20. The minimum atomic E-state index is -0.599. The lowest BCUT2D eigenvalue weighted by Gasteiger charge is -2.24. The molecule has 1 saturated carbocycles. The predicted molar refractivity (Wildman–Crippen MR) is 93.9 cm³/mol. The SMILES string of the molecule is c1ccc([Si](CCC2CCCCC2)c2ccccc2)cc1. The summed E-state index contributed by atoms with van der Waals surface area (Å²) in [6.45, 7) is 0. The van der Waals surface area contributed by atoms with Crippen molar-refractivity contribution in [3.63, 3.8) is 0 Å². The normalized spacial score (nSPS) is 16.2. The first-order valence-corrected chi connectivity index (χ1v) is 10.1. The first-order valence-electron chi connectivity index (χ1n) is 8.40. The molecule has 1 aliphatic carbocycles. The Hall–Kier alpha value is -1.34. The van der Waals surface area contributed by atoms with Crippen LogP contribution in [0.4, 0.5) is 0 Å². The van der Waals surface area contributed by atoms with Crippen molar-refractivity contribution in [3.8, 4) is 0 Å². The van der Waals surface area contributed by atoms with Crippen LogP contribution in [0.1, 0.15) is 38.5 Å². The fourth-order valence-electron chi connectivity index (χ4n) is 3.56. The van der Waals surface area contributed by atoms with Crippen LogP contribution in [0.2, 0.25) is 6.04 Å². The second-order valence-corrected chi connectivity index (χ2v) is 8.87. The molecular formula is C20H25Si. The highest BCUT2D eigenvalue weighted by atomic mass is 28.3. The van der Waals surface area contributed by atoms with Crippen molar-refractivity contribution in [1.29, 1.82) is 0 Å². The van der Waals surface area contributed by atoms with Gasteiger partial charge in [-0.15, -0.1) is 0 Å². The van der Waals surface area contributed by atoms with E-state index in [4.69, 9.17) is 0 Å². The maximum absolute atomic E-state index is 2.34. The van der Waals surface area contributed by atoms with Crippen LogP contribution in [0.3, 0.4) is 0 Å². The summed E-state index contributed by atoms with van der Waals surface area (Å²) in [5.41, 5.74) is 0. The van der Waals surface area contributed by atoms with E-state index in [1.807, 2.05) is 0 Å². The van der Waals surface area contributed by atoms with E-state index in [9.17, 15) is 0 Å². The minimum Gasteiger partial charge on any atom is -0.0628 e. The van der Waals surface area contributed by atoms with Gasteiger partial charge in [-0.3, -0.25) is 0 Å². The van der Waals surface area contributed by atoms with Crippen molar-refractivity contribution in [3.05, 3.63) is 60.7 Å². The molecule has 2 aromatic rings. The molecular weight excluding hydrogens is 268 g/mol. The van der Waals surface area contributed by atoms with Gasteiger partial charge in [0.1, 0.15) is 8.80 Å². The van der Waals surface area contributed by atoms with Crippen molar-refractivity contribution in [2.75, 3.05) is 0 Å². The van der Waals surface area contributed by atoms with Crippen LogP contribution in [-0.2, 0) is 0 Å². The van der Waals surface area contributed by atoms with Crippen molar-refractivity contribution in [1.82, 2.24) is 0 Å². The molecule has 0 bridgehead atoms. The topological polar surface area (TPSA) is 0 Å². The van der Waals surface area contributed by atoms with E-state index in [0.29, 0.717) is 0 Å². The molecule has 109 valence electrons. The van der Waals surface area contributed by atoms with Crippen molar-refractivity contribution >= 4 is 19.2 Å². The Labute approximate surface area is 130 Å². The third-order valence-corrected chi connectivity index (χ3v) is 7.62. The molecule has 0 N–H and O–H groups in total. The van der Waals surface area contributed by atoms with Crippen LogP contribution in [0.5, 0.6) is 0 Å². The van der Waals surface area contributed by atoms with Gasteiger partial charge in [0, 0.05) is 0 Å². The van der Waals surface area contributed by atoms with Gasteiger partial charge in [-0.1, -0.05) is 116 Å². The average molecular weight is 294 g/mol. The molecule has 1 radical (unpaired) electrons. The highest BCUT2D eigenvalue weighted by Crippen LogP contribution is 2.27. The van der Waals surface area contributed by atoms with Crippen LogP contribution in [0.25, 0.3) is 0 Å². The Bertz CT molecular complexity index is 475. The van der Waals surface area contributed by atoms with Crippen LogP contribution in [0, 0.1) is 5.92 Å². The van der Waals surface area contributed by atoms with Gasteiger partial charge in [-0.25, -0.2) is 0 Å². The Morgan fingerprint density at radius 3 is 1.76 bits per heavy atom. The number of benzene rings is 2. The Kier molecular flexibility index (Phi) is 5.28. The maximum Gasteiger partial charge on any atom is 0.121 e. The zero-order chi connectivity index (χ0) is 14.3. The molecule has 3 rings (SSSR count). The zero-order valence-electron chi connectivity index (χ0n) is 12.8. The number of hydrogen-bond donors (Lipinski definition) is 0. The van der Waals surface area contributed by atoms with Crippen LogP contribution < -0.4 is 10.4 Å². The molecule has 1 heteroatoms. The summed E-state index contributed by atoms with van der Waals surface area (Å²) >= 11 is 0. The lowest BCUT2D eigenvalue weighted by atomic mass is 9.88. The van der Waals surface area contributed by atoms with E-state index >= 15 is 0 Å². The van der Waals surface area contributed by atoms with E-state index in [1.54, 1.807) is 10.4 Å². The maximum atomic E-state index is 2.34. The first kappa shape index (κ1) is 14.6. The molecule has 21 heavy (non-hydrogen) atoms. The third kappa shape index (κ3) is 4.07. The smallest absolute Gasteiger partial charge is 0.0628 e. The molecule has 0 aromatic heterocycles. The molecule has 0 aliphatic heterocycles. The van der Waals surface area contributed by atoms with Gasteiger partial charge < -0.3 is 0 Å². The summed E-state index contributed by atoms with van der Waals surface area (Å²) < 4.78 is 0. The minimum absolute atomic E-state index is 0.599. The Morgan fingerprint density at radius 1 is 0.714 bits per heavy atom. The van der Waals surface area contributed by atoms with Crippen molar-refractivity contribution < 1.29 is 0 Å². The van der Waals surface area contributed by atoms with E-state index in [0.717, 1.165) is 5.92 Å². The summed E-state index contributed by atoms with van der Waals surface area (Å²) in [5.74, 6) is 0.992. The van der Waals surface area contributed by atoms with Crippen LogP contribution >= 0.6 is 0 Å². The van der Waals surface area contributed by atoms with Crippen molar-refractivity contribution in [2.24, 2.45) is 5.92 Å². The van der Waals surface area contributed by atoms with Gasteiger partial charge >= 0.3 is 0 Å². The van der Waals surface area contributed by atoms with Gasteiger partial charge in [0.25, 0.3) is 0 Å². The molecule has 0 unspecified atom stereocenters. The van der Waals surface area contributed by atoms with Gasteiger partial charge in [-0.2, -0.15) is 0 Å². The standard InChI is InChI=1S/C20H25Si/c1-4-10-18(11-5-1)16-17-21(19-12-6-2-7-13-19)20-14-8-3-9-15-20/h2-3,6-9,12-15,18H,1,4-5,10-11,16-17H2. The van der Waals surface area contributed by atoms with E-state index in [-0.39, 0.29) is 0 Å². The average Bonchev–Trinajstić information content (AvgIpc) is 2.58. The molecule has 0 saturated heterocycles. The number of hydrogen-bond acceptors (Lipinski definition) is 0. The second-order valence-electron chi connectivity index (χ2n) is 6.25. The van der Waals surface area contributed by atoms with Gasteiger partial charge in [0.05, 0.1) is 0 Å². The molecule has 0 heterocycles. The Balaban J connectivity index is 1.73. The zero-order valence-corrected chi connectivity index (χ0v) is 13.8. The molecule has 0 atom stereocenters. The first-order chi connectivity index (χ1) is 10.4. The van der Waals surface area contributed by atoms with Crippen molar-refractivity contribution in [2.45, 2.75) is 44.6 Å². The molecule has 1 fully saturated rings. The molecule has 0 spiro atoms. The summed E-state index contributed by atoms with van der Waals surface area (Å²) in [7, 11) is -0.599. The third-order valence-electron chi connectivity index (χ3n) is 4.77. The molecule has 0 nitrogen and oxygen atoms in total. The van der Waals surface area contributed by atoms with Crippen LogP contribution in [-0.4, -0.2) is 8.80 Å². The van der Waals surface area contributed by atoms with E-state index in [1.165, 1.54) is 44.6 Å². The highest BCUT2D eigenvalue weighted by molar-refractivity contribution is 6.85. The lowest BCUT2D eigenvalue weighted by Crippen LogP contribution is -2.42. The van der Waals surface area contributed by atoms with E-state index in [2.05, 4.69) is 60.7 Å². The van der Waals surface area contributed by atoms with Gasteiger partial charge in [0.2, 0.25) is 0 Å². The van der Waals surface area contributed by atoms with E-state index < -0.39 is 8.80 Å².